The van der Waals surface area contributed by atoms with Crippen LogP contribution in [0.2, 0.25) is 0 Å². The van der Waals surface area contributed by atoms with Crippen LogP contribution in [0.4, 0.5) is 5.69 Å². The molecule has 0 aliphatic rings. The Labute approximate surface area is 136 Å². The first-order chi connectivity index (χ1) is 9.90. The van der Waals surface area contributed by atoms with Crippen molar-refractivity contribution in [2.45, 2.75) is 39.9 Å². The van der Waals surface area contributed by atoms with Crippen LogP contribution >= 0.6 is 15.9 Å². The summed E-state index contributed by atoms with van der Waals surface area (Å²) in [7, 11) is 0. The van der Waals surface area contributed by atoms with Gasteiger partial charge in [-0.2, -0.15) is 0 Å². The fourth-order valence-electron chi connectivity index (χ4n) is 2.03. The Morgan fingerprint density at radius 3 is 2.38 bits per heavy atom. The van der Waals surface area contributed by atoms with Crippen LogP contribution in [0.25, 0.3) is 0 Å². The van der Waals surface area contributed by atoms with Gasteiger partial charge in [0.15, 0.2) is 0 Å². The average Bonchev–Trinajstić information content (AvgIpc) is 2.36. The molecule has 0 amide bonds. The summed E-state index contributed by atoms with van der Waals surface area (Å²) in [6.45, 7) is 9.91. The third-order valence-electron chi connectivity index (χ3n) is 3.00. The lowest BCUT2D eigenvalue weighted by molar-refractivity contribution is -0.00734. The van der Waals surface area contributed by atoms with E-state index >= 15 is 0 Å². The van der Waals surface area contributed by atoms with Crippen LogP contribution in [0.15, 0.2) is 16.6 Å². The molecule has 1 unspecified atom stereocenters. The molecule has 0 radical (unpaired) electrons. The van der Waals surface area contributed by atoms with Gasteiger partial charge in [0.2, 0.25) is 0 Å². The molecule has 5 heteroatoms. The van der Waals surface area contributed by atoms with Gasteiger partial charge in [0.25, 0.3) is 0 Å². The van der Waals surface area contributed by atoms with Gasteiger partial charge in [-0.1, -0.05) is 15.9 Å². The average molecular weight is 360 g/mol. The molecule has 1 atom stereocenters. The zero-order chi connectivity index (χ0) is 15.8. The largest absolute Gasteiger partial charge is 0.389 e. The van der Waals surface area contributed by atoms with E-state index in [0.717, 1.165) is 21.3 Å². The second-order valence-corrected chi connectivity index (χ2v) is 6.36. The van der Waals surface area contributed by atoms with E-state index in [1.165, 1.54) is 0 Å². The van der Waals surface area contributed by atoms with E-state index in [4.69, 9.17) is 9.47 Å². The molecule has 0 heterocycles. The van der Waals surface area contributed by atoms with E-state index in [0.29, 0.717) is 26.4 Å². The van der Waals surface area contributed by atoms with Crippen molar-refractivity contribution >= 4 is 21.6 Å². The van der Waals surface area contributed by atoms with Crippen molar-refractivity contribution in [1.82, 2.24) is 0 Å². The highest BCUT2D eigenvalue weighted by Crippen LogP contribution is 2.24. The van der Waals surface area contributed by atoms with Gasteiger partial charge in [0, 0.05) is 16.7 Å². The van der Waals surface area contributed by atoms with Crippen LogP contribution in [0.1, 0.15) is 25.0 Å². The number of halogens is 1. The molecule has 1 aromatic rings. The van der Waals surface area contributed by atoms with Crippen LogP contribution in [-0.4, -0.2) is 43.7 Å². The van der Waals surface area contributed by atoms with Gasteiger partial charge >= 0.3 is 0 Å². The number of aryl methyl sites for hydroxylation is 2. The van der Waals surface area contributed by atoms with Crippen molar-refractivity contribution in [3.05, 3.63) is 27.7 Å². The van der Waals surface area contributed by atoms with Gasteiger partial charge in [0.1, 0.15) is 0 Å². The third kappa shape index (κ3) is 7.27. The van der Waals surface area contributed by atoms with Crippen LogP contribution in [0, 0.1) is 13.8 Å². The molecule has 4 nitrogen and oxygen atoms in total. The highest BCUT2D eigenvalue weighted by atomic mass is 79.9. The van der Waals surface area contributed by atoms with E-state index in [9.17, 15) is 5.11 Å². The van der Waals surface area contributed by atoms with Gasteiger partial charge < -0.3 is 19.9 Å². The predicted octanol–water partition coefficient (Wildman–Crippen LogP) is 3.28. The SMILES string of the molecule is Cc1cc(Br)cc(C)c1NCC(O)COCCOC(C)C. The smallest absolute Gasteiger partial charge is 0.0945 e. The minimum atomic E-state index is -0.536. The molecule has 1 aromatic carbocycles. The normalized spacial score (nSPS) is 12.7. The lowest BCUT2D eigenvalue weighted by Gasteiger charge is -2.17. The maximum absolute atomic E-state index is 9.92. The molecular weight excluding hydrogens is 334 g/mol. The maximum atomic E-state index is 9.92. The summed E-state index contributed by atoms with van der Waals surface area (Å²) in [5, 5.41) is 13.2. The Morgan fingerprint density at radius 1 is 1.19 bits per heavy atom. The maximum Gasteiger partial charge on any atom is 0.0945 e. The molecule has 0 fully saturated rings. The number of benzene rings is 1. The molecule has 2 N–H and O–H groups in total. The van der Waals surface area contributed by atoms with Crippen LogP contribution in [0.3, 0.4) is 0 Å². The van der Waals surface area contributed by atoms with E-state index in [1.807, 2.05) is 27.7 Å². The summed E-state index contributed by atoms with van der Waals surface area (Å²) in [5.41, 5.74) is 3.38. The Hall–Kier alpha value is -0.620. The highest BCUT2D eigenvalue weighted by molar-refractivity contribution is 9.10. The van der Waals surface area contributed by atoms with E-state index in [2.05, 4.69) is 33.4 Å². The molecule has 0 spiro atoms. The van der Waals surface area contributed by atoms with Crippen LogP contribution in [0.5, 0.6) is 0 Å². The number of hydrogen-bond acceptors (Lipinski definition) is 4. The summed E-state index contributed by atoms with van der Waals surface area (Å²) in [4.78, 5) is 0. The quantitative estimate of drug-likeness (QED) is 0.664. The summed E-state index contributed by atoms with van der Waals surface area (Å²) in [5.74, 6) is 0. The van der Waals surface area contributed by atoms with Gasteiger partial charge in [-0.25, -0.2) is 0 Å². The highest BCUT2D eigenvalue weighted by Gasteiger charge is 2.08. The topological polar surface area (TPSA) is 50.7 Å². The molecule has 0 aliphatic carbocycles. The van der Waals surface area contributed by atoms with E-state index in [-0.39, 0.29) is 6.10 Å². The molecule has 21 heavy (non-hydrogen) atoms. The molecule has 0 saturated carbocycles. The summed E-state index contributed by atoms with van der Waals surface area (Å²) >= 11 is 3.48. The summed E-state index contributed by atoms with van der Waals surface area (Å²) < 4.78 is 11.8. The van der Waals surface area contributed by atoms with Crippen LogP contribution < -0.4 is 5.32 Å². The number of nitrogens with one attached hydrogen (secondary N) is 1. The number of aliphatic hydroxyl groups excluding tert-OH is 1. The predicted molar refractivity (Wildman–Crippen MR) is 90.0 cm³/mol. The van der Waals surface area contributed by atoms with Gasteiger partial charge in [-0.15, -0.1) is 0 Å². The first kappa shape index (κ1) is 18.4. The molecule has 1 rings (SSSR count). The summed E-state index contributed by atoms with van der Waals surface area (Å²) in [6.07, 6.45) is -0.324. The lowest BCUT2D eigenvalue weighted by Crippen LogP contribution is -2.26. The summed E-state index contributed by atoms with van der Waals surface area (Å²) in [6, 6.07) is 4.11. The van der Waals surface area contributed by atoms with Crippen LogP contribution in [-0.2, 0) is 9.47 Å². The van der Waals surface area contributed by atoms with Gasteiger partial charge in [-0.3, -0.25) is 0 Å². The lowest BCUT2D eigenvalue weighted by atomic mass is 10.1. The fraction of sp³-hybridized carbons (Fsp3) is 0.625. The first-order valence-corrected chi connectivity index (χ1v) is 8.07. The zero-order valence-electron chi connectivity index (χ0n) is 13.3. The third-order valence-corrected chi connectivity index (χ3v) is 3.46. The Bertz CT molecular complexity index is 415. The number of hydrogen-bond donors (Lipinski definition) is 2. The zero-order valence-corrected chi connectivity index (χ0v) is 14.9. The van der Waals surface area contributed by atoms with Crippen molar-refractivity contribution in [1.29, 1.82) is 0 Å². The number of rotatable bonds is 9. The molecule has 0 saturated heterocycles. The number of anilines is 1. The second kappa shape index (κ2) is 9.41. The van der Waals surface area contributed by atoms with Crippen molar-refractivity contribution in [3.63, 3.8) is 0 Å². The fourth-order valence-corrected chi connectivity index (χ4v) is 2.72. The Kier molecular flexibility index (Phi) is 8.26. The van der Waals surface area contributed by atoms with Crippen molar-refractivity contribution < 1.29 is 14.6 Å². The monoisotopic (exact) mass is 359 g/mol. The van der Waals surface area contributed by atoms with Crippen molar-refractivity contribution in [2.24, 2.45) is 0 Å². The molecule has 120 valence electrons. The molecule has 0 bridgehead atoms. The standard InChI is InChI=1S/C16H26BrNO3/c1-11(2)21-6-5-20-10-15(19)9-18-16-12(3)7-14(17)8-13(16)4/h7-8,11,15,18-19H,5-6,9-10H2,1-4H3. The Balaban J connectivity index is 2.29. The minimum absolute atomic E-state index is 0.212. The molecule has 0 aliphatic heterocycles. The van der Waals surface area contributed by atoms with Gasteiger partial charge in [0.05, 0.1) is 32.0 Å². The number of ether oxygens (including phenoxy) is 2. The minimum Gasteiger partial charge on any atom is -0.389 e. The van der Waals surface area contributed by atoms with E-state index < -0.39 is 6.10 Å². The first-order valence-electron chi connectivity index (χ1n) is 7.28. The molecule has 0 aromatic heterocycles. The second-order valence-electron chi connectivity index (χ2n) is 5.44. The number of aliphatic hydroxyl groups is 1. The Morgan fingerprint density at radius 2 is 1.81 bits per heavy atom. The van der Waals surface area contributed by atoms with Crippen molar-refractivity contribution in [3.8, 4) is 0 Å². The molecular formula is C16H26BrNO3. The van der Waals surface area contributed by atoms with E-state index in [1.54, 1.807) is 0 Å². The van der Waals surface area contributed by atoms with Crippen molar-refractivity contribution in [2.75, 3.05) is 31.7 Å². The van der Waals surface area contributed by atoms with Gasteiger partial charge in [-0.05, 0) is 51.0 Å².